The predicted molar refractivity (Wildman–Crippen MR) is 77.5 cm³/mol. The van der Waals surface area contributed by atoms with Crippen LogP contribution >= 0.6 is 0 Å². The molecule has 102 valence electrons. The molecule has 0 amide bonds. The highest BCUT2D eigenvalue weighted by atomic mass is 16.6. The van der Waals surface area contributed by atoms with Gasteiger partial charge in [0.15, 0.2) is 0 Å². The van der Waals surface area contributed by atoms with Crippen LogP contribution in [0.1, 0.15) is 17.5 Å². The van der Waals surface area contributed by atoms with Crippen molar-refractivity contribution in [3.05, 3.63) is 62.3 Å². The zero-order valence-electron chi connectivity index (χ0n) is 11.0. The number of Topliss-reactive ketones (excluding diaryl/α,β-unsaturated/α-hetero) is 1. The molecule has 0 fully saturated rings. The Morgan fingerprint density at radius 3 is 2.90 bits per heavy atom. The summed E-state index contributed by atoms with van der Waals surface area (Å²) in [6.45, 7) is 0. The van der Waals surface area contributed by atoms with Gasteiger partial charge in [-0.25, -0.2) is 4.99 Å². The first-order valence-corrected chi connectivity index (χ1v) is 6.64. The number of rotatable bonds is 1. The molecule has 1 aliphatic heterocycles. The van der Waals surface area contributed by atoms with Crippen molar-refractivity contribution in [3.63, 3.8) is 0 Å². The fraction of sp³-hybridized carbons (Fsp3) is 0.125. The summed E-state index contributed by atoms with van der Waals surface area (Å²) in [5.41, 5.74) is 1.50. The maximum Gasteiger partial charge on any atom is 0.297 e. The lowest BCUT2D eigenvalue weighted by atomic mass is 9.93. The number of hydrogen-bond acceptors (Lipinski definition) is 4. The quantitative estimate of drug-likeness (QED) is 0.583. The Balaban J connectivity index is 2.09. The highest BCUT2D eigenvalue weighted by molar-refractivity contribution is 5.95. The third-order valence-electron chi connectivity index (χ3n) is 3.97. The van der Waals surface area contributed by atoms with Gasteiger partial charge in [0.25, 0.3) is 5.70 Å². The van der Waals surface area contributed by atoms with Gasteiger partial charge in [-0.1, -0.05) is 12.1 Å². The molecule has 2 aromatic carbocycles. The summed E-state index contributed by atoms with van der Waals surface area (Å²) in [6.07, 6.45) is 4.06. The highest BCUT2D eigenvalue weighted by Gasteiger charge is 2.24. The SMILES string of the molecule is O=C1CC=c2cc3ccc4c(c3cc2C1)C([N+](=O)[O-])=CN=4. The smallest absolute Gasteiger partial charge is 0.297 e. The summed E-state index contributed by atoms with van der Waals surface area (Å²) in [6, 6.07) is 7.60. The Hall–Kier alpha value is -2.82. The van der Waals surface area contributed by atoms with E-state index in [4.69, 9.17) is 0 Å². The van der Waals surface area contributed by atoms with E-state index in [0.717, 1.165) is 21.6 Å². The minimum absolute atomic E-state index is 0.0154. The van der Waals surface area contributed by atoms with Crippen molar-refractivity contribution >= 4 is 28.3 Å². The monoisotopic (exact) mass is 278 g/mol. The summed E-state index contributed by atoms with van der Waals surface area (Å²) >= 11 is 0. The van der Waals surface area contributed by atoms with Gasteiger partial charge in [0, 0.05) is 12.8 Å². The average Bonchev–Trinajstić information content (AvgIpc) is 2.89. The van der Waals surface area contributed by atoms with Gasteiger partial charge >= 0.3 is 0 Å². The van der Waals surface area contributed by atoms with Crippen LogP contribution in [0.2, 0.25) is 0 Å². The van der Waals surface area contributed by atoms with Gasteiger partial charge in [-0.15, -0.1) is 0 Å². The molecule has 1 heterocycles. The van der Waals surface area contributed by atoms with E-state index in [9.17, 15) is 14.9 Å². The van der Waals surface area contributed by atoms with Crippen molar-refractivity contribution in [2.24, 2.45) is 4.99 Å². The van der Waals surface area contributed by atoms with Crippen LogP contribution in [-0.2, 0) is 11.2 Å². The third kappa shape index (κ3) is 1.71. The molecule has 0 atom stereocenters. The Kier molecular flexibility index (Phi) is 2.33. The molecule has 2 aromatic rings. The van der Waals surface area contributed by atoms with Crippen LogP contribution in [0.25, 0.3) is 22.5 Å². The largest absolute Gasteiger partial charge is 0.299 e. The molecule has 2 aliphatic rings. The molecule has 1 aliphatic carbocycles. The predicted octanol–water partition coefficient (Wildman–Crippen LogP) is 1.34. The molecule has 0 spiro atoms. The molecule has 0 saturated carbocycles. The van der Waals surface area contributed by atoms with Gasteiger partial charge in [-0.3, -0.25) is 14.9 Å². The molecule has 0 aromatic heterocycles. The van der Waals surface area contributed by atoms with E-state index in [0.29, 0.717) is 23.8 Å². The number of nitro groups is 1. The first kappa shape index (κ1) is 12.0. The second-order valence-electron chi connectivity index (χ2n) is 5.26. The zero-order valence-corrected chi connectivity index (χ0v) is 11.0. The van der Waals surface area contributed by atoms with E-state index < -0.39 is 4.92 Å². The topological polar surface area (TPSA) is 72.6 Å². The summed E-state index contributed by atoms with van der Waals surface area (Å²) < 4.78 is 0. The molecular weight excluding hydrogens is 268 g/mol. The molecule has 5 heteroatoms. The fourth-order valence-corrected chi connectivity index (χ4v) is 2.99. The van der Waals surface area contributed by atoms with E-state index in [-0.39, 0.29) is 11.5 Å². The van der Waals surface area contributed by atoms with Gasteiger partial charge in [-0.2, -0.15) is 0 Å². The molecule has 4 rings (SSSR count). The van der Waals surface area contributed by atoms with Crippen molar-refractivity contribution in [2.75, 3.05) is 0 Å². The first-order valence-electron chi connectivity index (χ1n) is 6.64. The molecule has 5 nitrogen and oxygen atoms in total. The van der Waals surface area contributed by atoms with Gasteiger partial charge in [0.05, 0.1) is 15.8 Å². The molecule has 0 saturated heterocycles. The van der Waals surface area contributed by atoms with E-state index in [2.05, 4.69) is 4.99 Å². The second-order valence-corrected chi connectivity index (χ2v) is 5.26. The van der Waals surface area contributed by atoms with Crippen molar-refractivity contribution in [1.82, 2.24) is 0 Å². The lowest BCUT2D eigenvalue weighted by Gasteiger charge is -2.10. The zero-order chi connectivity index (χ0) is 14.6. The number of hydrogen-bond donors (Lipinski definition) is 0. The van der Waals surface area contributed by atoms with Gasteiger partial charge in [0.2, 0.25) is 0 Å². The van der Waals surface area contributed by atoms with E-state index in [1.165, 1.54) is 6.20 Å². The van der Waals surface area contributed by atoms with Crippen LogP contribution in [0.15, 0.2) is 35.5 Å². The van der Waals surface area contributed by atoms with Crippen LogP contribution in [0.3, 0.4) is 0 Å². The number of nitrogens with zero attached hydrogens (tertiary/aromatic N) is 2. The summed E-state index contributed by atoms with van der Waals surface area (Å²) in [4.78, 5) is 26.5. The first-order chi connectivity index (χ1) is 10.1. The fourth-order valence-electron chi connectivity index (χ4n) is 2.99. The molecule has 0 N–H and O–H groups in total. The van der Waals surface area contributed by atoms with Crippen molar-refractivity contribution in [3.8, 4) is 0 Å². The van der Waals surface area contributed by atoms with Crippen LogP contribution < -0.4 is 10.6 Å². The number of carbonyl (C=O) groups is 1. The normalized spacial score (nSPS) is 15.8. The van der Waals surface area contributed by atoms with Crippen LogP contribution in [0, 0.1) is 10.1 Å². The van der Waals surface area contributed by atoms with Crippen molar-refractivity contribution in [1.29, 1.82) is 0 Å². The summed E-state index contributed by atoms with van der Waals surface area (Å²) in [5.74, 6) is 0.171. The minimum Gasteiger partial charge on any atom is -0.299 e. The van der Waals surface area contributed by atoms with Gasteiger partial charge < -0.3 is 0 Å². The van der Waals surface area contributed by atoms with Gasteiger partial charge in [0.1, 0.15) is 12.0 Å². The molecule has 0 bridgehead atoms. The molecule has 21 heavy (non-hydrogen) atoms. The Morgan fingerprint density at radius 2 is 2.10 bits per heavy atom. The number of ketones is 1. The second kappa shape index (κ2) is 4.09. The van der Waals surface area contributed by atoms with Crippen molar-refractivity contribution in [2.45, 2.75) is 12.8 Å². The molecule has 0 unspecified atom stereocenters. The maximum absolute atomic E-state index is 11.6. The number of carbonyl (C=O) groups excluding carboxylic acids is 1. The standard InChI is InChI=1S/C16H10N2O3/c19-12-3-1-9-5-10-2-4-14-16(13(10)7-11(9)6-12)15(8-17-14)18(20)21/h1-2,4-5,7-8H,3,6H2. The Morgan fingerprint density at radius 1 is 1.24 bits per heavy atom. The minimum atomic E-state index is -0.411. The number of benzene rings is 2. The lowest BCUT2D eigenvalue weighted by molar-refractivity contribution is -0.375. The van der Waals surface area contributed by atoms with Crippen LogP contribution in [0.5, 0.6) is 0 Å². The third-order valence-corrected chi connectivity index (χ3v) is 3.97. The lowest BCUT2D eigenvalue weighted by Crippen LogP contribution is -2.20. The van der Waals surface area contributed by atoms with Crippen LogP contribution in [0.4, 0.5) is 0 Å². The maximum atomic E-state index is 11.6. The van der Waals surface area contributed by atoms with Crippen LogP contribution in [-0.4, -0.2) is 10.7 Å². The summed E-state index contributed by atoms with van der Waals surface area (Å²) in [5, 5.41) is 14.5. The highest BCUT2D eigenvalue weighted by Crippen LogP contribution is 2.25. The van der Waals surface area contributed by atoms with E-state index in [1.807, 2.05) is 24.3 Å². The number of fused-ring (bicyclic) bond motifs is 4. The summed E-state index contributed by atoms with van der Waals surface area (Å²) in [7, 11) is 0. The molecular formula is C16H10N2O3. The van der Waals surface area contributed by atoms with E-state index in [1.54, 1.807) is 6.07 Å². The molecule has 0 radical (unpaired) electrons. The van der Waals surface area contributed by atoms with Crippen molar-refractivity contribution < 1.29 is 9.72 Å². The average molecular weight is 278 g/mol. The Labute approximate surface area is 119 Å². The van der Waals surface area contributed by atoms with Gasteiger partial charge in [-0.05, 0) is 39.8 Å². The Bertz CT molecular complexity index is 987. The van der Waals surface area contributed by atoms with E-state index >= 15 is 0 Å².